The lowest BCUT2D eigenvalue weighted by Crippen LogP contribution is -2.45. The van der Waals surface area contributed by atoms with E-state index < -0.39 is 0 Å². The van der Waals surface area contributed by atoms with Crippen LogP contribution in [0.2, 0.25) is 0 Å². The number of carbonyl (C=O) groups is 2. The molecule has 0 aliphatic carbocycles. The van der Waals surface area contributed by atoms with Crippen LogP contribution in [-0.4, -0.2) is 45.9 Å². The van der Waals surface area contributed by atoms with E-state index in [0.717, 1.165) is 5.69 Å². The van der Waals surface area contributed by atoms with Crippen molar-refractivity contribution in [1.82, 2.24) is 14.4 Å². The second kappa shape index (κ2) is 10.3. The Balaban J connectivity index is 2.08. The summed E-state index contributed by atoms with van der Waals surface area (Å²) < 4.78 is 2.00. The molecule has 6 nitrogen and oxygen atoms in total. The van der Waals surface area contributed by atoms with E-state index in [1.54, 1.807) is 6.08 Å². The number of hydrogen-bond donors (Lipinski definition) is 1. The molecule has 0 saturated carbocycles. The van der Waals surface area contributed by atoms with Crippen LogP contribution in [0.15, 0.2) is 61.3 Å². The third kappa shape index (κ3) is 6.30. The normalized spacial score (nSPS) is 10.6. The predicted octanol–water partition coefficient (Wildman–Crippen LogP) is 3.73. The van der Waals surface area contributed by atoms with Crippen LogP contribution in [-0.2, 0) is 18.4 Å². The first-order chi connectivity index (χ1) is 13.4. The Kier molecular flexibility index (Phi) is 7.87. The minimum absolute atomic E-state index is 0.00182. The van der Waals surface area contributed by atoms with Crippen LogP contribution in [0, 0.1) is 5.92 Å². The third-order valence-electron chi connectivity index (χ3n) is 4.33. The zero-order chi connectivity index (χ0) is 20.5. The Labute approximate surface area is 167 Å². The van der Waals surface area contributed by atoms with Crippen molar-refractivity contribution in [3.8, 4) is 0 Å². The van der Waals surface area contributed by atoms with E-state index in [1.807, 2.05) is 65.2 Å². The largest absolute Gasteiger partial charge is 0.353 e. The van der Waals surface area contributed by atoms with Crippen LogP contribution in [0.5, 0.6) is 0 Å². The molecule has 2 rings (SSSR count). The van der Waals surface area contributed by atoms with Gasteiger partial charge in [0.05, 0.1) is 6.54 Å². The fourth-order valence-electron chi connectivity index (χ4n) is 2.91. The number of carbonyl (C=O) groups excluding carboxylic acids is 2. The average Bonchev–Trinajstić information content (AvgIpc) is 3.06. The number of amides is 3. The summed E-state index contributed by atoms with van der Waals surface area (Å²) in [5.41, 5.74) is 1.75. The molecule has 1 N–H and O–H groups in total. The lowest BCUT2D eigenvalue weighted by Gasteiger charge is -2.28. The molecular formula is C22H30N4O2. The smallest absolute Gasteiger partial charge is 0.322 e. The molecule has 0 aliphatic heterocycles. The van der Waals surface area contributed by atoms with Crippen molar-refractivity contribution in [2.45, 2.75) is 20.4 Å². The minimum Gasteiger partial charge on any atom is -0.353 e. The second-order valence-electron chi connectivity index (χ2n) is 7.24. The third-order valence-corrected chi connectivity index (χ3v) is 4.33. The monoisotopic (exact) mass is 382 g/mol. The van der Waals surface area contributed by atoms with Gasteiger partial charge in [-0.25, -0.2) is 4.79 Å². The molecule has 0 spiro atoms. The molecule has 0 radical (unpaired) electrons. The van der Waals surface area contributed by atoms with Gasteiger partial charge in [-0.2, -0.15) is 0 Å². The molecule has 0 saturated heterocycles. The van der Waals surface area contributed by atoms with Gasteiger partial charge in [0.2, 0.25) is 5.91 Å². The van der Waals surface area contributed by atoms with Crippen LogP contribution in [0.3, 0.4) is 0 Å². The fourth-order valence-corrected chi connectivity index (χ4v) is 2.91. The van der Waals surface area contributed by atoms with Gasteiger partial charge in [0.15, 0.2) is 0 Å². The summed E-state index contributed by atoms with van der Waals surface area (Å²) in [7, 11) is 1.96. The molecule has 0 atom stereocenters. The van der Waals surface area contributed by atoms with Gasteiger partial charge in [0.25, 0.3) is 0 Å². The predicted molar refractivity (Wildman–Crippen MR) is 113 cm³/mol. The van der Waals surface area contributed by atoms with E-state index >= 15 is 0 Å². The number of hydrogen-bond acceptors (Lipinski definition) is 2. The maximum absolute atomic E-state index is 13.0. The van der Waals surface area contributed by atoms with Crippen molar-refractivity contribution in [2.24, 2.45) is 13.0 Å². The van der Waals surface area contributed by atoms with Gasteiger partial charge >= 0.3 is 6.03 Å². The highest BCUT2D eigenvalue weighted by Crippen LogP contribution is 2.11. The van der Waals surface area contributed by atoms with Crippen LogP contribution in [0.1, 0.15) is 19.5 Å². The maximum atomic E-state index is 13.0. The van der Waals surface area contributed by atoms with Crippen molar-refractivity contribution in [2.75, 3.05) is 25.0 Å². The number of aryl methyl sites for hydroxylation is 1. The highest BCUT2D eigenvalue weighted by atomic mass is 16.2. The lowest BCUT2D eigenvalue weighted by molar-refractivity contribution is -0.132. The molecule has 0 fully saturated rings. The van der Waals surface area contributed by atoms with Gasteiger partial charge in [-0.15, -0.1) is 6.58 Å². The van der Waals surface area contributed by atoms with Crippen molar-refractivity contribution >= 4 is 17.6 Å². The molecule has 6 heteroatoms. The molecule has 0 aliphatic rings. The molecular weight excluding hydrogens is 352 g/mol. The van der Waals surface area contributed by atoms with E-state index in [4.69, 9.17) is 0 Å². The Morgan fingerprint density at radius 3 is 2.43 bits per heavy atom. The summed E-state index contributed by atoms with van der Waals surface area (Å²) in [6.45, 7) is 9.31. The lowest BCUT2D eigenvalue weighted by atomic mass is 10.2. The summed E-state index contributed by atoms with van der Waals surface area (Å²) >= 11 is 0. The molecule has 150 valence electrons. The van der Waals surface area contributed by atoms with Crippen molar-refractivity contribution < 1.29 is 9.59 Å². The van der Waals surface area contributed by atoms with E-state index in [0.29, 0.717) is 31.2 Å². The Morgan fingerprint density at radius 2 is 1.86 bits per heavy atom. The van der Waals surface area contributed by atoms with E-state index in [2.05, 4.69) is 25.7 Å². The summed E-state index contributed by atoms with van der Waals surface area (Å²) in [6, 6.07) is 12.9. The molecule has 0 bridgehead atoms. The van der Waals surface area contributed by atoms with Crippen LogP contribution >= 0.6 is 0 Å². The zero-order valence-corrected chi connectivity index (χ0v) is 17.0. The molecule has 3 amide bonds. The highest BCUT2D eigenvalue weighted by molar-refractivity contribution is 5.92. The number of aromatic nitrogens is 1. The van der Waals surface area contributed by atoms with E-state index in [-0.39, 0.29) is 18.5 Å². The molecule has 1 aromatic heterocycles. The Morgan fingerprint density at radius 1 is 1.14 bits per heavy atom. The number of nitrogens with zero attached hydrogens (tertiary/aromatic N) is 3. The summed E-state index contributed by atoms with van der Waals surface area (Å²) in [5, 5.41) is 2.83. The van der Waals surface area contributed by atoms with Gasteiger partial charge in [0, 0.05) is 37.7 Å². The summed E-state index contributed by atoms with van der Waals surface area (Å²) in [5.74, 6) is 0.246. The molecule has 0 unspecified atom stereocenters. The number of rotatable bonds is 9. The Hall–Kier alpha value is -3.02. The highest BCUT2D eigenvalue weighted by Gasteiger charge is 2.22. The standard InChI is InChI=1S/C22H30N4O2/c1-5-13-25(22(28)23-19-10-7-6-8-11-19)17-21(27)26(15-18(2)3)16-20-12-9-14-24(20)4/h5-12,14,18H,1,13,15-17H2,2-4H3,(H,23,28). The SMILES string of the molecule is C=CCN(CC(=O)N(Cc1cccn1C)CC(C)C)C(=O)Nc1ccccc1. The molecule has 2 aromatic rings. The second-order valence-corrected chi connectivity index (χ2v) is 7.24. The van der Waals surface area contributed by atoms with Crippen molar-refractivity contribution in [3.63, 3.8) is 0 Å². The van der Waals surface area contributed by atoms with Gasteiger partial charge in [-0.3, -0.25) is 4.79 Å². The zero-order valence-electron chi connectivity index (χ0n) is 17.0. The van der Waals surface area contributed by atoms with Crippen molar-refractivity contribution in [1.29, 1.82) is 0 Å². The first kappa shape index (κ1) is 21.3. The van der Waals surface area contributed by atoms with Crippen LogP contribution < -0.4 is 5.32 Å². The van der Waals surface area contributed by atoms with E-state index in [9.17, 15) is 9.59 Å². The number of urea groups is 1. The molecule has 1 aromatic carbocycles. The van der Waals surface area contributed by atoms with Gasteiger partial charge < -0.3 is 19.7 Å². The van der Waals surface area contributed by atoms with Gasteiger partial charge in [-0.1, -0.05) is 38.1 Å². The first-order valence-electron chi connectivity index (χ1n) is 9.50. The van der Waals surface area contributed by atoms with Gasteiger partial charge in [-0.05, 0) is 30.2 Å². The number of para-hydroxylation sites is 1. The van der Waals surface area contributed by atoms with Gasteiger partial charge in [0.1, 0.15) is 6.54 Å². The minimum atomic E-state index is -0.317. The van der Waals surface area contributed by atoms with Crippen molar-refractivity contribution in [3.05, 3.63) is 67.0 Å². The number of benzene rings is 1. The first-order valence-corrected chi connectivity index (χ1v) is 9.50. The molecule has 28 heavy (non-hydrogen) atoms. The average molecular weight is 383 g/mol. The topological polar surface area (TPSA) is 57.6 Å². The fraction of sp³-hybridized carbons (Fsp3) is 0.364. The molecule has 1 heterocycles. The Bertz CT molecular complexity index is 783. The summed E-state index contributed by atoms with van der Waals surface area (Å²) in [4.78, 5) is 28.9. The number of anilines is 1. The number of nitrogens with one attached hydrogen (secondary N) is 1. The van der Waals surface area contributed by atoms with Crippen LogP contribution in [0.4, 0.5) is 10.5 Å². The van der Waals surface area contributed by atoms with E-state index in [1.165, 1.54) is 4.90 Å². The summed E-state index contributed by atoms with van der Waals surface area (Å²) in [6.07, 6.45) is 3.59. The maximum Gasteiger partial charge on any atom is 0.322 e. The quantitative estimate of drug-likeness (QED) is 0.672. The van der Waals surface area contributed by atoms with Crippen LogP contribution in [0.25, 0.3) is 0 Å².